The zero-order valence-electron chi connectivity index (χ0n) is 10.8. The van der Waals surface area contributed by atoms with Gasteiger partial charge in [-0.05, 0) is 28.9 Å². The summed E-state index contributed by atoms with van der Waals surface area (Å²) in [4.78, 5) is 3.79. The maximum atomic E-state index is 12.9. The van der Waals surface area contributed by atoms with Crippen molar-refractivity contribution in [2.45, 2.75) is 19.6 Å². The first-order chi connectivity index (χ1) is 9.27. The third kappa shape index (κ3) is 3.30. The molecule has 0 bridgehead atoms. The minimum Gasteiger partial charge on any atom is -0.365 e. The largest absolute Gasteiger partial charge is 0.419 e. The topological polar surface area (TPSA) is 42.7 Å². The SMILES string of the molecule is Cc1nn(C)cc1CNc1ncc(Br)cc1C(F)(F)F. The highest BCUT2D eigenvalue weighted by Crippen LogP contribution is 2.35. The molecule has 0 saturated carbocycles. The maximum absolute atomic E-state index is 12.9. The summed E-state index contributed by atoms with van der Waals surface area (Å²) < 4.78 is 40.7. The predicted molar refractivity (Wildman–Crippen MR) is 72.2 cm³/mol. The fourth-order valence-corrected chi connectivity index (χ4v) is 2.13. The Labute approximate surface area is 122 Å². The van der Waals surface area contributed by atoms with Crippen molar-refractivity contribution in [2.24, 2.45) is 7.05 Å². The summed E-state index contributed by atoms with van der Waals surface area (Å²) in [7, 11) is 1.76. The molecule has 0 aliphatic rings. The number of alkyl halides is 3. The summed E-state index contributed by atoms with van der Waals surface area (Å²) in [5, 5.41) is 6.85. The molecule has 4 nitrogen and oxygen atoms in total. The Morgan fingerprint density at radius 1 is 1.40 bits per heavy atom. The molecule has 0 atom stereocenters. The number of hydrogen-bond acceptors (Lipinski definition) is 3. The lowest BCUT2D eigenvalue weighted by Gasteiger charge is -2.13. The molecule has 2 aromatic rings. The van der Waals surface area contributed by atoms with Gasteiger partial charge < -0.3 is 5.32 Å². The van der Waals surface area contributed by atoms with Crippen molar-refractivity contribution in [2.75, 3.05) is 5.32 Å². The van der Waals surface area contributed by atoms with Crippen molar-refractivity contribution in [3.63, 3.8) is 0 Å². The van der Waals surface area contributed by atoms with E-state index in [0.717, 1.165) is 17.3 Å². The quantitative estimate of drug-likeness (QED) is 0.922. The first-order valence-corrected chi connectivity index (χ1v) is 6.52. The van der Waals surface area contributed by atoms with Gasteiger partial charge >= 0.3 is 6.18 Å². The molecule has 0 aliphatic heterocycles. The average molecular weight is 349 g/mol. The summed E-state index contributed by atoms with van der Waals surface area (Å²) >= 11 is 3.00. The third-order valence-electron chi connectivity index (χ3n) is 2.72. The molecular formula is C12H12BrF3N4. The van der Waals surface area contributed by atoms with E-state index < -0.39 is 11.7 Å². The van der Waals surface area contributed by atoms with E-state index in [9.17, 15) is 13.2 Å². The van der Waals surface area contributed by atoms with E-state index in [-0.39, 0.29) is 16.8 Å². The van der Waals surface area contributed by atoms with Gasteiger partial charge in [-0.2, -0.15) is 18.3 Å². The summed E-state index contributed by atoms with van der Waals surface area (Å²) in [5.74, 6) is -0.191. The molecule has 108 valence electrons. The lowest BCUT2D eigenvalue weighted by Crippen LogP contribution is -2.12. The predicted octanol–water partition coefficient (Wildman–Crippen LogP) is 3.52. The van der Waals surface area contributed by atoms with Crippen LogP contribution < -0.4 is 5.32 Å². The van der Waals surface area contributed by atoms with Crippen molar-refractivity contribution in [3.8, 4) is 0 Å². The molecule has 1 N–H and O–H groups in total. The molecule has 0 aromatic carbocycles. The highest BCUT2D eigenvalue weighted by atomic mass is 79.9. The molecule has 8 heteroatoms. The van der Waals surface area contributed by atoms with Crippen LogP contribution in [0.4, 0.5) is 19.0 Å². The standard InChI is InChI=1S/C12H12BrF3N4/c1-7-8(6-20(2)19-7)4-17-11-10(12(14,15)16)3-9(13)5-18-11/h3,5-6H,4H2,1-2H3,(H,17,18). The molecule has 0 aliphatic carbocycles. The number of halogens is 4. The molecule has 0 unspecified atom stereocenters. The van der Waals surface area contributed by atoms with Gasteiger partial charge in [0.2, 0.25) is 0 Å². The Hall–Kier alpha value is -1.57. The maximum Gasteiger partial charge on any atom is 0.419 e. The number of rotatable bonds is 3. The van der Waals surface area contributed by atoms with E-state index in [1.807, 2.05) is 0 Å². The van der Waals surface area contributed by atoms with Crippen molar-refractivity contribution >= 4 is 21.7 Å². The lowest BCUT2D eigenvalue weighted by molar-refractivity contribution is -0.137. The number of nitrogens with zero attached hydrogens (tertiary/aromatic N) is 3. The smallest absolute Gasteiger partial charge is 0.365 e. The summed E-state index contributed by atoms with van der Waals surface area (Å²) in [6.07, 6.45) is -1.37. The first kappa shape index (κ1) is 14.8. The molecule has 2 aromatic heterocycles. The Morgan fingerprint density at radius 2 is 2.10 bits per heavy atom. The monoisotopic (exact) mass is 348 g/mol. The highest BCUT2D eigenvalue weighted by molar-refractivity contribution is 9.10. The molecule has 0 spiro atoms. The number of aromatic nitrogens is 3. The number of aryl methyl sites for hydroxylation is 2. The second-order valence-corrected chi connectivity index (χ2v) is 5.23. The van der Waals surface area contributed by atoms with E-state index in [4.69, 9.17) is 0 Å². The molecule has 0 saturated heterocycles. The van der Waals surface area contributed by atoms with Crippen LogP contribution in [0.15, 0.2) is 22.9 Å². The summed E-state index contributed by atoms with van der Waals surface area (Å²) in [6, 6.07) is 1.01. The van der Waals surface area contributed by atoms with Crippen LogP contribution in [-0.4, -0.2) is 14.8 Å². The fraction of sp³-hybridized carbons (Fsp3) is 0.333. The Morgan fingerprint density at radius 3 is 2.65 bits per heavy atom. The number of anilines is 1. The van der Waals surface area contributed by atoms with E-state index in [2.05, 4.69) is 31.3 Å². The third-order valence-corrected chi connectivity index (χ3v) is 3.15. The zero-order valence-corrected chi connectivity index (χ0v) is 12.4. The van der Waals surface area contributed by atoms with E-state index in [1.165, 1.54) is 6.20 Å². The number of hydrogen-bond donors (Lipinski definition) is 1. The van der Waals surface area contributed by atoms with E-state index >= 15 is 0 Å². The Balaban J connectivity index is 2.23. The molecule has 0 radical (unpaired) electrons. The van der Waals surface area contributed by atoms with E-state index in [1.54, 1.807) is 24.9 Å². The summed E-state index contributed by atoms with van der Waals surface area (Å²) in [5.41, 5.74) is 0.796. The van der Waals surface area contributed by atoms with Crippen molar-refractivity contribution < 1.29 is 13.2 Å². The van der Waals surface area contributed by atoms with Gasteiger partial charge in [-0.15, -0.1) is 0 Å². The van der Waals surface area contributed by atoms with Gasteiger partial charge in [0.15, 0.2) is 0 Å². The molecule has 0 amide bonds. The molecule has 20 heavy (non-hydrogen) atoms. The second-order valence-electron chi connectivity index (χ2n) is 4.31. The van der Waals surface area contributed by atoms with Crippen molar-refractivity contribution in [3.05, 3.63) is 39.8 Å². The van der Waals surface area contributed by atoms with Crippen LogP contribution in [-0.2, 0) is 19.8 Å². The van der Waals surface area contributed by atoms with Crippen molar-refractivity contribution in [1.29, 1.82) is 0 Å². The molecule has 2 heterocycles. The van der Waals surface area contributed by atoms with Gasteiger partial charge in [-0.1, -0.05) is 0 Å². The van der Waals surface area contributed by atoms with Gasteiger partial charge in [0.1, 0.15) is 5.82 Å². The Bertz CT molecular complexity index is 622. The number of nitrogens with one attached hydrogen (secondary N) is 1. The molecular weight excluding hydrogens is 337 g/mol. The van der Waals surface area contributed by atoms with Gasteiger partial charge in [-0.3, -0.25) is 4.68 Å². The van der Waals surface area contributed by atoms with Crippen LogP contribution >= 0.6 is 15.9 Å². The van der Waals surface area contributed by atoms with Crippen molar-refractivity contribution in [1.82, 2.24) is 14.8 Å². The van der Waals surface area contributed by atoms with Crippen LogP contribution in [0.2, 0.25) is 0 Å². The second kappa shape index (κ2) is 5.43. The normalized spacial score (nSPS) is 11.7. The summed E-state index contributed by atoms with van der Waals surface area (Å²) in [6.45, 7) is 2.04. The Kier molecular flexibility index (Phi) is 4.03. The molecule has 2 rings (SSSR count). The van der Waals surface area contributed by atoms with Gasteiger partial charge in [0.05, 0.1) is 11.3 Å². The number of pyridine rings is 1. The zero-order chi connectivity index (χ0) is 14.9. The average Bonchev–Trinajstić information content (AvgIpc) is 2.65. The minimum absolute atomic E-state index is 0.191. The van der Waals surface area contributed by atoms with Crippen LogP contribution in [0.3, 0.4) is 0 Å². The van der Waals surface area contributed by atoms with Crippen LogP contribution in [0.25, 0.3) is 0 Å². The van der Waals surface area contributed by atoms with E-state index in [0.29, 0.717) is 0 Å². The lowest BCUT2D eigenvalue weighted by atomic mass is 10.2. The molecule has 0 fully saturated rings. The van der Waals surface area contributed by atoms with Crippen LogP contribution in [0.5, 0.6) is 0 Å². The van der Waals surface area contributed by atoms with Gasteiger partial charge in [0, 0.05) is 36.0 Å². The van der Waals surface area contributed by atoms with Crippen LogP contribution in [0, 0.1) is 6.92 Å². The van der Waals surface area contributed by atoms with Crippen LogP contribution in [0.1, 0.15) is 16.8 Å². The van der Waals surface area contributed by atoms with Gasteiger partial charge in [-0.25, -0.2) is 4.98 Å². The minimum atomic E-state index is -4.46. The highest BCUT2D eigenvalue weighted by Gasteiger charge is 2.34. The van der Waals surface area contributed by atoms with Gasteiger partial charge in [0.25, 0.3) is 0 Å². The first-order valence-electron chi connectivity index (χ1n) is 5.73. The fourth-order valence-electron chi connectivity index (χ4n) is 1.80.